The van der Waals surface area contributed by atoms with Gasteiger partial charge in [0.1, 0.15) is 6.33 Å². The number of hydrogen-bond donors (Lipinski definition) is 0. The van der Waals surface area contributed by atoms with Crippen LogP contribution in [0.15, 0.2) is 24.2 Å². The SMILES string of the molecule is CC/C=C1/CCCN1CCCCc1cc(C)ncn1. The van der Waals surface area contributed by atoms with Crippen LogP contribution in [-0.2, 0) is 6.42 Å². The Hall–Kier alpha value is -1.38. The number of unbranched alkanes of at least 4 members (excludes halogenated alkanes) is 1. The summed E-state index contributed by atoms with van der Waals surface area (Å²) in [4.78, 5) is 11.0. The summed E-state index contributed by atoms with van der Waals surface area (Å²) in [5.74, 6) is 0. The maximum atomic E-state index is 4.32. The molecule has 0 aliphatic carbocycles. The van der Waals surface area contributed by atoms with E-state index in [1.807, 2.05) is 6.92 Å². The molecule has 1 aliphatic heterocycles. The Morgan fingerprint density at radius 1 is 1.32 bits per heavy atom. The molecule has 0 N–H and O–H groups in total. The van der Waals surface area contributed by atoms with Crippen molar-refractivity contribution >= 4 is 0 Å². The summed E-state index contributed by atoms with van der Waals surface area (Å²) in [5.41, 5.74) is 3.82. The van der Waals surface area contributed by atoms with Crippen LogP contribution in [0.25, 0.3) is 0 Å². The molecule has 2 heterocycles. The first-order valence-corrected chi connectivity index (χ1v) is 7.51. The zero-order chi connectivity index (χ0) is 13.5. The van der Waals surface area contributed by atoms with Gasteiger partial charge in [-0.3, -0.25) is 0 Å². The second-order valence-corrected chi connectivity index (χ2v) is 5.30. The molecule has 0 amide bonds. The summed E-state index contributed by atoms with van der Waals surface area (Å²) in [6.45, 7) is 6.70. The van der Waals surface area contributed by atoms with E-state index in [0.717, 1.165) is 18.5 Å². The highest BCUT2D eigenvalue weighted by atomic mass is 15.1. The molecule has 1 saturated heterocycles. The number of aromatic nitrogens is 2. The van der Waals surface area contributed by atoms with Crippen LogP contribution in [0, 0.1) is 6.92 Å². The summed E-state index contributed by atoms with van der Waals surface area (Å²) in [6.07, 6.45) is 11.4. The van der Waals surface area contributed by atoms with E-state index in [1.165, 1.54) is 44.5 Å². The molecular formula is C16H25N3. The lowest BCUT2D eigenvalue weighted by Crippen LogP contribution is -2.19. The minimum atomic E-state index is 1.07. The van der Waals surface area contributed by atoms with Crippen LogP contribution < -0.4 is 0 Å². The molecule has 1 aliphatic rings. The molecule has 104 valence electrons. The largest absolute Gasteiger partial charge is 0.375 e. The molecule has 19 heavy (non-hydrogen) atoms. The van der Waals surface area contributed by atoms with Gasteiger partial charge < -0.3 is 4.90 Å². The maximum Gasteiger partial charge on any atom is 0.115 e. The number of rotatable bonds is 6. The molecule has 0 spiro atoms. The predicted molar refractivity (Wildman–Crippen MR) is 78.9 cm³/mol. The average molecular weight is 259 g/mol. The zero-order valence-corrected chi connectivity index (χ0v) is 12.2. The van der Waals surface area contributed by atoms with Gasteiger partial charge in [0, 0.05) is 30.2 Å². The van der Waals surface area contributed by atoms with Crippen LogP contribution in [0.4, 0.5) is 0 Å². The van der Waals surface area contributed by atoms with Crippen molar-refractivity contribution in [2.24, 2.45) is 0 Å². The van der Waals surface area contributed by atoms with E-state index >= 15 is 0 Å². The molecule has 1 aromatic heterocycles. The van der Waals surface area contributed by atoms with E-state index in [4.69, 9.17) is 0 Å². The van der Waals surface area contributed by atoms with E-state index in [-0.39, 0.29) is 0 Å². The molecule has 0 atom stereocenters. The maximum absolute atomic E-state index is 4.32. The van der Waals surface area contributed by atoms with Crippen molar-refractivity contribution in [1.82, 2.24) is 14.9 Å². The van der Waals surface area contributed by atoms with Gasteiger partial charge in [0.05, 0.1) is 0 Å². The highest BCUT2D eigenvalue weighted by molar-refractivity contribution is 5.07. The van der Waals surface area contributed by atoms with Gasteiger partial charge in [-0.2, -0.15) is 0 Å². The van der Waals surface area contributed by atoms with Crippen LogP contribution in [0.2, 0.25) is 0 Å². The van der Waals surface area contributed by atoms with Gasteiger partial charge >= 0.3 is 0 Å². The minimum Gasteiger partial charge on any atom is -0.375 e. The third-order valence-corrected chi connectivity index (χ3v) is 3.68. The van der Waals surface area contributed by atoms with Crippen LogP contribution in [0.3, 0.4) is 0 Å². The molecule has 0 radical (unpaired) electrons. The molecule has 0 aromatic carbocycles. The summed E-state index contributed by atoms with van der Waals surface area (Å²) in [6, 6.07) is 2.10. The number of hydrogen-bond acceptors (Lipinski definition) is 3. The van der Waals surface area contributed by atoms with Crippen molar-refractivity contribution in [3.05, 3.63) is 35.6 Å². The van der Waals surface area contributed by atoms with E-state index in [2.05, 4.69) is 33.9 Å². The summed E-state index contributed by atoms with van der Waals surface area (Å²) in [5, 5.41) is 0. The van der Waals surface area contributed by atoms with Gasteiger partial charge in [-0.15, -0.1) is 0 Å². The third-order valence-electron chi connectivity index (χ3n) is 3.68. The van der Waals surface area contributed by atoms with Crippen molar-refractivity contribution in [3.8, 4) is 0 Å². The quantitative estimate of drug-likeness (QED) is 0.732. The lowest BCUT2D eigenvalue weighted by molar-refractivity contribution is 0.378. The average Bonchev–Trinajstić information content (AvgIpc) is 2.83. The third kappa shape index (κ3) is 4.34. The normalized spacial score (nSPS) is 17.4. The van der Waals surface area contributed by atoms with Crippen molar-refractivity contribution in [2.45, 2.75) is 52.4 Å². The van der Waals surface area contributed by atoms with Gasteiger partial charge in [-0.25, -0.2) is 9.97 Å². The monoisotopic (exact) mass is 259 g/mol. The highest BCUT2D eigenvalue weighted by Gasteiger charge is 2.15. The minimum absolute atomic E-state index is 1.07. The van der Waals surface area contributed by atoms with Gasteiger partial charge in [0.2, 0.25) is 0 Å². The van der Waals surface area contributed by atoms with Gasteiger partial charge in [-0.1, -0.05) is 13.0 Å². The van der Waals surface area contributed by atoms with Gasteiger partial charge in [-0.05, 0) is 51.5 Å². The van der Waals surface area contributed by atoms with E-state index in [0.29, 0.717) is 0 Å². The predicted octanol–water partition coefficient (Wildman–Crippen LogP) is 3.50. The number of likely N-dealkylation sites (tertiary alicyclic amines) is 1. The van der Waals surface area contributed by atoms with Crippen LogP contribution in [0.1, 0.15) is 50.4 Å². The van der Waals surface area contributed by atoms with Gasteiger partial charge in [0.15, 0.2) is 0 Å². The Morgan fingerprint density at radius 2 is 2.21 bits per heavy atom. The summed E-state index contributed by atoms with van der Waals surface area (Å²) < 4.78 is 0. The number of nitrogens with zero attached hydrogens (tertiary/aromatic N) is 3. The van der Waals surface area contributed by atoms with E-state index in [1.54, 1.807) is 12.0 Å². The fourth-order valence-corrected chi connectivity index (χ4v) is 2.73. The molecule has 3 heteroatoms. The smallest absolute Gasteiger partial charge is 0.115 e. The topological polar surface area (TPSA) is 29.0 Å². The number of aryl methyl sites for hydroxylation is 2. The van der Waals surface area contributed by atoms with Crippen molar-refractivity contribution in [2.75, 3.05) is 13.1 Å². The molecule has 3 nitrogen and oxygen atoms in total. The van der Waals surface area contributed by atoms with Crippen LogP contribution >= 0.6 is 0 Å². The Kier molecular flexibility index (Phi) is 5.37. The molecule has 1 fully saturated rings. The molecule has 0 unspecified atom stereocenters. The number of allylic oxidation sites excluding steroid dienone is 2. The summed E-state index contributed by atoms with van der Waals surface area (Å²) >= 11 is 0. The molecule has 2 rings (SSSR count). The summed E-state index contributed by atoms with van der Waals surface area (Å²) in [7, 11) is 0. The fourth-order valence-electron chi connectivity index (χ4n) is 2.73. The molecular weight excluding hydrogens is 234 g/mol. The highest BCUT2D eigenvalue weighted by Crippen LogP contribution is 2.21. The van der Waals surface area contributed by atoms with Gasteiger partial charge in [0.25, 0.3) is 0 Å². The second kappa shape index (κ2) is 7.27. The van der Waals surface area contributed by atoms with E-state index < -0.39 is 0 Å². The van der Waals surface area contributed by atoms with Crippen molar-refractivity contribution in [1.29, 1.82) is 0 Å². The molecule has 0 saturated carbocycles. The van der Waals surface area contributed by atoms with Crippen molar-refractivity contribution in [3.63, 3.8) is 0 Å². The Bertz CT molecular complexity index is 426. The lowest BCUT2D eigenvalue weighted by Gasteiger charge is -2.19. The Balaban J connectivity index is 1.71. The zero-order valence-electron chi connectivity index (χ0n) is 12.2. The van der Waals surface area contributed by atoms with Crippen LogP contribution in [0.5, 0.6) is 0 Å². The second-order valence-electron chi connectivity index (χ2n) is 5.30. The fraction of sp³-hybridized carbons (Fsp3) is 0.625. The Morgan fingerprint density at radius 3 is 3.00 bits per heavy atom. The first-order valence-electron chi connectivity index (χ1n) is 7.51. The van der Waals surface area contributed by atoms with Crippen LogP contribution in [-0.4, -0.2) is 28.0 Å². The molecule has 1 aromatic rings. The van der Waals surface area contributed by atoms with E-state index in [9.17, 15) is 0 Å². The standard InChI is InChI=1S/C16H25N3/c1-3-7-16-9-6-11-19(16)10-5-4-8-15-12-14(2)17-13-18-15/h7,12-13H,3-6,8-11H2,1-2H3/b16-7-. The Labute approximate surface area is 116 Å². The first kappa shape index (κ1) is 14.0. The van der Waals surface area contributed by atoms with Crippen molar-refractivity contribution < 1.29 is 0 Å². The molecule has 0 bridgehead atoms. The first-order chi connectivity index (χ1) is 9.29. The lowest BCUT2D eigenvalue weighted by atomic mass is 10.1.